The lowest BCUT2D eigenvalue weighted by Crippen LogP contribution is -2.34. The Hall–Kier alpha value is -1.91. The highest BCUT2D eigenvalue weighted by Gasteiger charge is 2.49. The van der Waals surface area contributed by atoms with Crippen molar-refractivity contribution in [2.75, 3.05) is 0 Å². The summed E-state index contributed by atoms with van der Waals surface area (Å²) in [5, 5.41) is 28.7. The zero-order valence-corrected chi connectivity index (χ0v) is 16.2. The number of aliphatic carboxylic acids is 2. The highest BCUT2D eigenvalue weighted by molar-refractivity contribution is 7.73. The topological polar surface area (TPSA) is 118 Å². The molecular weight excluding hydrogens is 394 g/mol. The summed E-state index contributed by atoms with van der Waals surface area (Å²) in [5.74, 6) is -2.95. The molecule has 1 aliphatic heterocycles. The predicted molar refractivity (Wildman–Crippen MR) is 99.1 cm³/mol. The molecule has 10 heteroatoms. The highest BCUT2D eigenvalue weighted by Crippen LogP contribution is 2.43. The highest BCUT2D eigenvalue weighted by atomic mass is 32.1. The molecule has 2 aliphatic rings. The molecule has 2 fully saturated rings. The average Bonchev–Trinajstić information content (AvgIpc) is 3.08. The van der Waals surface area contributed by atoms with Gasteiger partial charge in [0, 0.05) is 31.9 Å². The Morgan fingerprint density at radius 2 is 2.00 bits per heavy atom. The minimum absolute atomic E-state index is 0.0337. The lowest BCUT2D eigenvalue weighted by Gasteiger charge is -2.30. The third-order valence-electron chi connectivity index (χ3n) is 4.67. The Labute approximate surface area is 164 Å². The molecule has 0 amide bonds. The van der Waals surface area contributed by atoms with Gasteiger partial charge in [-0.3, -0.25) is 9.36 Å². The van der Waals surface area contributed by atoms with Crippen LogP contribution in [0, 0.1) is 3.95 Å². The molecule has 1 aromatic heterocycles. The van der Waals surface area contributed by atoms with Crippen molar-refractivity contribution in [3.8, 4) is 5.88 Å². The second kappa shape index (κ2) is 7.99. The summed E-state index contributed by atoms with van der Waals surface area (Å²) in [6.45, 7) is 0.264. The van der Waals surface area contributed by atoms with Gasteiger partial charge in [0.25, 0.3) is 0 Å². The normalized spacial score (nSPS) is 22.8. The number of nitrogens with zero attached hydrogens (tertiary/aromatic N) is 1. The van der Waals surface area contributed by atoms with Crippen molar-refractivity contribution in [3.63, 3.8) is 0 Å². The molecule has 148 valence electrons. The molecule has 27 heavy (non-hydrogen) atoms. The minimum Gasteiger partial charge on any atom is -0.493 e. The van der Waals surface area contributed by atoms with Crippen LogP contribution in [0.2, 0.25) is 0 Å². The SMILES string of the molecule is O=C(O)CCCn1c(O)c(C=C2OC3(CCCCC3)OC2C(=O)O)sc1=S. The molecule has 8 nitrogen and oxygen atoms in total. The molecular formula is C17H21NO7S2. The van der Waals surface area contributed by atoms with Crippen molar-refractivity contribution in [2.24, 2.45) is 0 Å². The number of thiazole rings is 1. The maximum atomic E-state index is 11.6. The lowest BCUT2D eigenvalue weighted by molar-refractivity contribution is -0.191. The summed E-state index contributed by atoms with van der Waals surface area (Å²) >= 11 is 6.35. The van der Waals surface area contributed by atoms with Crippen LogP contribution in [0.1, 0.15) is 49.8 Å². The van der Waals surface area contributed by atoms with E-state index < -0.39 is 23.8 Å². The molecule has 3 rings (SSSR count). The molecule has 0 bridgehead atoms. The number of carboxylic acids is 2. The molecule has 1 saturated heterocycles. The monoisotopic (exact) mass is 415 g/mol. The van der Waals surface area contributed by atoms with Gasteiger partial charge in [-0.1, -0.05) is 6.42 Å². The van der Waals surface area contributed by atoms with Gasteiger partial charge in [-0.15, -0.1) is 11.3 Å². The number of carboxylic acid groups (broad SMARTS) is 2. The van der Waals surface area contributed by atoms with Gasteiger partial charge in [-0.25, -0.2) is 4.79 Å². The molecule has 1 spiro atoms. The first kappa shape index (κ1) is 19.8. The lowest BCUT2D eigenvalue weighted by atomic mass is 9.94. The molecule has 1 aliphatic carbocycles. The smallest absolute Gasteiger partial charge is 0.340 e. The number of aromatic nitrogens is 1. The van der Waals surface area contributed by atoms with Crippen LogP contribution < -0.4 is 0 Å². The van der Waals surface area contributed by atoms with E-state index in [0.717, 1.165) is 30.6 Å². The molecule has 1 unspecified atom stereocenters. The molecule has 3 N–H and O–H groups in total. The molecule has 1 atom stereocenters. The quantitative estimate of drug-likeness (QED) is 0.606. The van der Waals surface area contributed by atoms with Gasteiger partial charge < -0.3 is 24.8 Å². The zero-order chi connectivity index (χ0) is 19.6. The van der Waals surface area contributed by atoms with Crippen molar-refractivity contribution < 1.29 is 34.4 Å². The van der Waals surface area contributed by atoms with Crippen LogP contribution in [0.25, 0.3) is 6.08 Å². The van der Waals surface area contributed by atoms with E-state index in [2.05, 4.69) is 0 Å². The standard InChI is InChI=1S/C17H21NO7S2/c19-12(20)5-4-8-18-14(21)11(27-16(18)26)9-10-13(15(22)23)25-17(24-10)6-2-1-3-7-17/h9,13,21H,1-8H2,(H,19,20)(H,22,23). The summed E-state index contributed by atoms with van der Waals surface area (Å²) in [4.78, 5) is 22.6. The Balaban J connectivity index is 1.85. The maximum Gasteiger partial charge on any atom is 0.340 e. The third-order valence-corrected chi connectivity index (χ3v) is 6.06. The van der Waals surface area contributed by atoms with Crippen LogP contribution in [0.3, 0.4) is 0 Å². The third kappa shape index (κ3) is 4.33. The maximum absolute atomic E-state index is 11.6. The Morgan fingerprint density at radius 3 is 2.63 bits per heavy atom. The number of hydrogen-bond donors (Lipinski definition) is 3. The largest absolute Gasteiger partial charge is 0.493 e. The van der Waals surface area contributed by atoms with E-state index in [1.165, 1.54) is 10.6 Å². The number of rotatable bonds is 6. The summed E-state index contributed by atoms with van der Waals surface area (Å²) in [6.07, 6.45) is 4.67. The summed E-state index contributed by atoms with van der Waals surface area (Å²) in [6, 6.07) is 0. The van der Waals surface area contributed by atoms with E-state index in [1.54, 1.807) is 0 Å². The first-order chi connectivity index (χ1) is 12.8. The van der Waals surface area contributed by atoms with E-state index >= 15 is 0 Å². The molecule has 0 aromatic carbocycles. The fourth-order valence-corrected chi connectivity index (χ4v) is 4.68. The van der Waals surface area contributed by atoms with Crippen LogP contribution in [0.15, 0.2) is 5.76 Å². The van der Waals surface area contributed by atoms with Crippen LogP contribution in [0.5, 0.6) is 5.88 Å². The number of ether oxygens (including phenoxy) is 2. The first-order valence-corrected chi connectivity index (χ1v) is 9.99. The van der Waals surface area contributed by atoms with Crippen LogP contribution in [-0.2, 0) is 25.6 Å². The van der Waals surface area contributed by atoms with Crippen LogP contribution >= 0.6 is 23.6 Å². The summed E-state index contributed by atoms with van der Waals surface area (Å²) < 4.78 is 13.5. The number of carbonyl (C=O) groups is 2. The Kier molecular flexibility index (Phi) is 5.87. The van der Waals surface area contributed by atoms with Gasteiger partial charge in [0.05, 0.1) is 4.88 Å². The fourth-order valence-electron chi connectivity index (χ4n) is 3.38. The van der Waals surface area contributed by atoms with Gasteiger partial charge in [0.1, 0.15) is 5.76 Å². The van der Waals surface area contributed by atoms with E-state index in [1.807, 2.05) is 0 Å². The van der Waals surface area contributed by atoms with Crippen molar-refractivity contribution >= 4 is 41.6 Å². The van der Waals surface area contributed by atoms with E-state index in [9.17, 15) is 19.8 Å². The van der Waals surface area contributed by atoms with Crippen molar-refractivity contribution in [1.29, 1.82) is 0 Å². The molecule has 0 radical (unpaired) electrons. The van der Waals surface area contributed by atoms with E-state index in [4.69, 9.17) is 26.8 Å². The van der Waals surface area contributed by atoms with Gasteiger partial charge in [-0.05, 0) is 31.5 Å². The fraction of sp³-hybridized carbons (Fsp3) is 0.588. The first-order valence-electron chi connectivity index (χ1n) is 8.77. The van der Waals surface area contributed by atoms with Crippen LogP contribution in [0.4, 0.5) is 0 Å². The van der Waals surface area contributed by atoms with Gasteiger partial charge in [-0.2, -0.15) is 0 Å². The Morgan fingerprint density at radius 1 is 1.30 bits per heavy atom. The molecule has 2 heterocycles. The summed E-state index contributed by atoms with van der Waals surface area (Å²) in [7, 11) is 0. The van der Waals surface area contributed by atoms with Crippen molar-refractivity contribution in [2.45, 2.75) is 63.4 Å². The van der Waals surface area contributed by atoms with Crippen molar-refractivity contribution in [3.05, 3.63) is 14.6 Å². The average molecular weight is 415 g/mol. The minimum atomic E-state index is -1.22. The number of hydrogen-bond acceptors (Lipinski definition) is 7. The zero-order valence-electron chi connectivity index (χ0n) is 14.5. The number of aromatic hydroxyl groups is 1. The predicted octanol–water partition coefficient (Wildman–Crippen LogP) is 3.35. The summed E-state index contributed by atoms with van der Waals surface area (Å²) in [5.41, 5.74) is 0. The second-order valence-electron chi connectivity index (χ2n) is 6.66. The van der Waals surface area contributed by atoms with Gasteiger partial charge >= 0.3 is 11.9 Å². The van der Waals surface area contributed by atoms with Crippen LogP contribution in [-0.4, -0.2) is 43.7 Å². The van der Waals surface area contributed by atoms with Gasteiger partial charge in [0.15, 0.2) is 3.95 Å². The second-order valence-corrected chi connectivity index (χ2v) is 8.34. The Bertz CT molecular complexity index is 820. The molecule has 1 saturated carbocycles. The van der Waals surface area contributed by atoms with Crippen molar-refractivity contribution in [1.82, 2.24) is 4.57 Å². The van der Waals surface area contributed by atoms with E-state index in [0.29, 0.717) is 28.1 Å². The molecule has 1 aromatic rings. The van der Waals surface area contributed by atoms with Gasteiger partial charge in [0.2, 0.25) is 17.8 Å². The van der Waals surface area contributed by atoms with E-state index in [-0.39, 0.29) is 24.6 Å².